The molecule has 1 saturated heterocycles. The molecule has 0 spiro atoms. The van der Waals surface area contributed by atoms with Gasteiger partial charge in [-0.05, 0) is 49.6 Å². The van der Waals surface area contributed by atoms with Gasteiger partial charge in [0.05, 0.1) is 23.6 Å². The fourth-order valence-corrected chi connectivity index (χ4v) is 3.31. The van der Waals surface area contributed by atoms with Gasteiger partial charge in [-0.1, -0.05) is 23.7 Å². The second-order valence-corrected chi connectivity index (χ2v) is 6.92. The van der Waals surface area contributed by atoms with Crippen molar-refractivity contribution in [2.24, 2.45) is 0 Å². The van der Waals surface area contributed by atoms with Crippen LogP contribution in [0.15, 0.2) is 42.7 Å². The van der Waals surface area contributed by atoms with E-state index in [0.29, 0.717) is 11.5 Å². The molecule has 1 aliphatic rings. The minimum absolute atomic E-state index is 0.154. The van der Waals surface area contributed by atoms with Crippen LogP contribution < -0.4 is 10.6 Å². The number of anilines is 1. The topological polar surface area (TPSA) is 87.1 Å². The van der Waals surface area contributed by atoms with Crippen LogP contribution in [0.3, 0.4) is 0 Å². The Balaban J connectivity index is 1.75. The number of rotatable bonds is 6. The van der Waals surface area contributed by atoms with E-state index in [4.69, 9.17) is 16.7 Å². The number of piperidine rings is 1. The van der Waals surface area contributed by atoms with Gasteiger partial charge in [0.2, 0.25) is 0 Å². The van der Waals surface area contributed by atoms with Gasteiger partial charge in [0, 0.05) is 17.6 Å². The monoisotopic (exact) mass is 372 g/mol. The maximum absolute atomic E-state index is 10.6. The molecule has 6 nitrogen and oxygen atoms in total. The molecule has 1 aliphatic heterocycles. The van der Waals surface area contributed by atoms with Gasteiger partial charge in [-0.15, -0.1) is 0 Å². The molecule has 26 heavy (non-hydrogen) atoms. The maximum Gasteiger partial charge on any atom is 0.328 e. The van der Waals surface area contributed by atoms with Crippen molar-refractivity contribution in [2.45, 2.75) is 24.8 Å². The Morgan fingerprint density at radius 3 is 2.73 bits per heavy atom. The summed E-state index contributed by atoms with van der Waals surface area (Å²) in [6, 6.07) is 7.91. The number of benzene rings is 1. The highest BCUT2D eigenvalue weighted by Crippen LogP contribution is 2.26. The second kappa shape index (κ2) is 8.29. The fraction of sp³-hybridized carbons (Fsp3) is 0.316. The van der Waals surface area contributed by atoms with Gasteiger partial charge in [0.1, 0.15) is 5.82 Å². The minimum Gasteiger partial charge on any atom is -0.478 e. The number of carboxylic acid groups (broad SMARTS) is 1. The first kappa shape index (κ1) is 18.4. The van der Waals surface area contributed by atoms with Crippen LogP contribution in [0.25, 0.3) is 6.08 Å². The van der Waals surface area contributed by atoms with Crippen LogP contribution in [-0.2, 0) is 11.2 Å². The summed E-state index contributed by atoms with van der Waals surface area (Å²) in [6.07, 6.45) is 8.61. The number of carbonyl (C=O) groups is 1. The molecule has 1 atom stereocenters. The van der Waals surface area contributed by atoms with Crippen LogP contribution >= 0.6 is 11.6 Å². The van der Waals surface area contributed by atoms with Crippen molar-refractivity contribution in [3.8, 4) is 0 Å². The molecule has 0 radical (unpaired) electrons. The summed E-state index contributed by atoms with van der Waals surface area (Å²) in [7, 11) is 0. The van der Waals surface area contributed by atoms with Gasteiger partial charge in [0.15, 0.2) is 0 Å². The van der Waals surface area contributed by atoms with E-state index in [1.807, 2.05) is 24.3 Å². The van der Waals surface area contributed by atoms with E-state index in [2.05, 4.69) is 20.6 Å². The molecule has 136 valence electrons. The first-order chi connectivity index (χ1) is 12.5. The highest BCUT2D eigenvalue weighted by Gasteiger charge is 2.32. The number of halogens is 1. The number of carboxylic acids is 1. The van der Waals surface area contributed by atoms with Crippen LogP contribution in [0.1, 0.15) is 24.1 Å². The molecule has 0 bridgehead atoms. The van der Waals surface area contributed by atoms with Crippen LogP contribution in [0.5, 0.6) is 0 Å². The lowest BCUT2D eigenvalue weighted by molar-refractivity contribution is -0.131. The summed E-state index contributed by atoms with van der Waals surface area (Å²) in [6.45, 7) is 1.84. The number of hydrogen-bond acceptors (Lipinski definition) is 5. The molecule has 1 aromatic carbocycles. The van der Waals surface area contributed by atoms with Crippen LogP contribution in [0.4, 0.5) is 5.82 Å². The van der Waals surface area contributed by atoms with E-state index in [1.165, 1.54) is 11.6 Å². The smallest absolute Gasteiger partial charge is 0.328 e. The van der Waals surface area contributed by atoms with E-state index < -0.39 is 5.97 Å². The molecule has 0 aliphatic carbocycles. The van der Waals surface area contributed by atoms with Crippen LogP contribution in [0.2, 0.25) is 5.02 Å². The third kappa shape index (κ3) is 5.03. The van der Waals surface area contributed by atoms with Gasteiger partial charge >= 0.3 is 5.97 Å². The van der Waals surface area contributed by atoms with Crippen molar-refractivity contribution in [1.82, 2.24) is 15.3 Å². The van der Waals surface area contributed by atoms with E-state index in [0.717, 1.165) is 43.5 Å². The average molecular weight is 373 g/mol. The summed E-state index contributed by atoms with van der Waals surface area (Å²) < 4.78 is 0. The number of aromatic nitrogens is 2. The largest absolute Gasteiger partial charge is 0.478 e. The van der Waals surface area contributed by atoms with E-state index in [-0.39, 0.29) is 5.54 Å². The summed E-state index contributed by atoms with van der Waals surface area (Å²) in [5, 5.41) is 16.4. The summed E-state index contributed by atoms with van der Waals surface area (Å²) >= 11 is 5.99. The number of nitrogens with zero attached hydrogens (tertiary/aromatic N) is 2. The van der Waals surface area contributed by atoms with Crippen molar-refractivity contribution in [3.05, 3.63) is 59.0 Å². The Morgan fingerprint density at radius 1 is 1.31 bits per heavy atom. The fourth-order valence-electron chi connectivity index (χ4n) is 3.18. The summed E-state index contributed by atoms with van der Waals surface area (Å²) in [4.78, 5) is 19.2. The molecular formula is C19H21ClN4O2. The third-order valence-corrected chi connectivity index (χ3v) is 4.64. The highest BCUT2D eigenvalue weighted by atomic mass is 35.5. The first-order valence-corrected chi connectivity index (χ1v) is 8.89. The molecule has 2 heterocycles. The molecule has 7 heteroatoms. The SMILES string of the molecule is O=C(O)/C=C/c1cnc(N[C@@]2(Cc3ccc(Cl)cc3)CCCNC2)cn1. The van der Waals surface area contributed by atoms with Crippen molar-refractivity contribution in [2.75, 3.05) is 18.4 Å². The van der Waals surface area contributed by atoms with E-state index in [1.54, 1.807) is 12.4 Å². The predicted molar refractivity (Wildman–Crippen MR) is 102 cm³/mol. The van der Waals surface area contributed by atoms with Gasteiger partial charge in [0.25, 0.3) is 0 Å². The molecular weight excluding hydrogens is 352 g/mol. The molecule has 1 fully saturated rings. The molecule has 3 N–H and O–H groups in total. The first-order valence-electron chi connectivity index (χ1n) is 8.51. The lowest BCUT2D eigenvalue weighted by Gasteiger charge is -2.39. The van der Waals surface area contributed by atoms with Gasteiger partial charge in [-0.2, -0.15) is 0 Å². The quantitative estimate of drug-likeness (QED) is 0.676. The molecule has 0 amide bonds. The number of aliphatic carboxylic acids is 1. The normalized spacial score (nSPS) is 20.2. The Bertz CT molecular complexity index is 769. The highest BCUT2D eigenvalue weighted by molar-refractivity contribution is 6.30. The molecule has 2 aromatic rings. The minimum atomic E-state index is -1.01. The molecule has 3 rings (SSSR count). The van der Waals surface area contributed by atoms with Gasteiger partial charge < -0.3 is 15.7 Å². The zero-order chi connectivity index (χ0) is 18.4. The lowest BCUT2D eigenvalue weighted by atomic mass is 9.84. The number of nitrogens with one attached hydrogen (secondary N) is 2. The van der Waals surface area contributed by atoms with Crippen molar-refractivity contribution in [3.63, 3.8) is 0 Å². The number of hydrogen-bond donors (Lipinski definition) is 3. The van der Waals surface area contributed by atoms with Gasteiger partial charge in [-0.3, -0.25) is 4.98 Å². The second-order valence-electron chi connectivity index (χ2n) is 6.49. The van der Waals surface area contributed by atoms with Gasteiger partial charge in [-0.25, -0.2) is 9.78 Å². The van der Waals surface area contributed by atoms with Crippen LogP contribution in [0, 0.1) is 0 Å². The zero-order valence-corrected chi connectivity index (χ0v) is 15.0. The average Bonchev–Trinajstić information content (AvgIpc) is 2.64. The Hall–Kier alpha value is -2.44. The Labute approximate surface area is 157 Å². The maximum atomic E-state index is 10.6. The Morgan fingerprint density at radius 2 is 2.12 bits per heavy atom. The standard InChI is InChI=1S/C19H21ClN4O2/c20-15-4-2-14(3-5-15)10-19(8-1-9-21-13-19)24-17-12-22-16(11-23-17)6-7-18(25)26/h2-7,11-12,21H,1,8-10,13H2,(H,23,24)(H,25,26)/b7-6+/t19-/m1/s1. The van der Waals surface area contributed by atoms with Crippen molar-refractivity contribution >= 4 is 29.5 Å². The van der Waals surface area contributed by atoms with Crippen LogP contribution in [-0.4, -0.2) is 39.7 Å². The molecule has 1 aromatic heterocycles. The molecule has 0 saturated carbocycles. The van der Waals surface area contributed by atoms with Crippen molar-refractivity contribution < 1.29 is 9.90 Å². The Kier molecular flexibility index (Phi) is 5.85. The lowest BCUT2D eigenvalue weighted by Crippen LogP contribution is -2.53. The summed E-state index contributed by atoms with van der Waals surface area (Å²) in [5.74, 6) is -0.334. The third-order valence-electron chi connectivity index (χ3n) is 4.39. The zero-order valence-electron chi connectivity index (χ0n) is 14.3. The van der Waals surface area contributed by atoms with E-state index >= 15 is 0 Å². The van der Waals surface area contributed by atoms with Crippen molar-refractivity contribution in [1.29, 1.82) is 0 Å². The summed E-state index contributed by atoms with van der Waals surface area (Å²) in [5.41, 5.74) is 1.56. The van der Waals surface area contributed by atoms with E-state index in [9.17, 15) is 4.79 Å². The predicted octanol–water partition coefficient (Wildman–Crippen LogP) is 3.00. The molecule has 0 unspecified atom stereocenters.